The summed E-state index contributed by atoms with van der Waals surface area (Å²) in [5.41, 5.74) is 1.88. The summed E-state index contributed by atoms with van der Waals surface area (Å²) in [6, 6.07) is 10.2. The number of rotatable bonds is 4. The lowest BCUT2D eigenvalue weighted by atomic mass is 10.1. The van der Waals surface area contributed by atoms with Gasteiger partial charge < -0.3 is 9.47 Å². The van der Waals surface area contributed by atoms with Gasteiger partial charge in [-0.15, -0.1) is 10.2 Å². The van der Waals surface area contributed by atoms with Crippen molar-refractivity contribution in [2.75, 3.05) is 6.54 Å². The molecule has 1 aliphatic heterocycles. The Bertz CT molecular complexity index is 893. The Kier molecular flexibility index (Phi) is 4.43. The highest BCUT2D eigenvalue weighted by Gasteiger charge is 2.29. The van der Waals surface area contributed by atoms with Crippen LogP contribution in [0, 0.1) is 0 Å². The first-order valence-electron chi connectivity index (χ1n) is 8.74. The van der Waals surface area contributed by atoms with Gasteiger partial charge in [0.2, 0.25) is 5.91 Å². The van der Waals surface area contributed by atoms with E-state index >= 15 is 0 Å². The number of hydrogen-bond donors (Lipinski definition) is 0. The van der Waals surface area contributed by atoms with Crippen LogP contribution in [0.4, 0.5) is 0 Å². The van der Waals surface area contributed by atoms with Gasteiger partial charge in [0.1, 0.15) is 0 Å². The monoisotopic (exact) mass is 348 g/mol. The van der Waals surface area contributed by atoms with Gasteiger partial charge in [0.15, 0.2) is 11.6 Å². The van der Waals surface area contributed by atoms with Crippen molar-refractivity contribution >= 4 is 5.91 Å². The van der Waals surface area contributed by atoms with Gasteiger partial charge >= 0.3 is 0 Å². The van der Waals surface area contributed by atoms with Crippen LogP contribution in [-0.2, 0) is 17.8 Å². The molecule has 0 fully saturated rings. The lowest BCUT2D eigenvalue weighted by Crippen LogP contribution is -2.40. The van der Waals surface area contributed by atoms with Crippen LogP contribution in [0.15, 0.2) is 48.9 Å². The van der Waals surface area contributed by atoms with E-state index in [0.717, 1.165) is 22.9 Å². The van der Waals surface area contributed by atoms with Gasteiger partial charge in [-0.05, 0) is 13.3 Å². The van der Waals surface area contributed by atoms with Gasteiger partial charge in [-0.3, -0.25) is 14.8 Å². The Labute approximate surface area is 151 Å². The normalized spacial score (nSPS) is 16.3. The van der Waals surface area contributed by atoms with Crippen LogP contribution in [0.1, 0.15) is 30.9 Å². The first kappa shape index (κ1) is 16.4. The van der Waals surface area contributed by atoms with Gasteiger partial charge in [0.25, 0.3) is 0 Å². The highest BCUT2D eigenvalue weighted by molar-refractivity contribution is 5.76. The van der Waals surface area contributed by atoms with Crippen molar-refractivity contribution < 1.29 is 4.79 Å². The molecule has 0 aliphatic carbocycles. The number of aromatic nitrogens is 5. The SMILES string of the molecule is C[C@H]1CN(C(=O)CCc2cnccn2)Cc2nnc(-c3ccccc3)n21. The summed E-state index contributed by atoms with van der Waals surface area (Å²) in [6.07, 6.45) is 6.00. The number of aryl methyl sites for hydroxylation is 1. The Morgan fingerprint density at radius 3 is 2.81 bits per heavy atom. The number of amides is 1. The molecule has 0 N–H and O–H groups in total. The van der Waals surface area contributed by atoms with Crippen molar-refractivity contribution in [3.63, 3.8) is 0 Å². The molecule has 0 spiro atoms. The molecule has 1 amide bonds. The average Bonchev–Trinajstić information content (AvgIpc) is 3.12. The molecule has 0 radical (unpaired) electrons. The molecule has 7 heteroatoms. The average molecular weight is 348 g/mol. The first-order valence-corrected chi connectivity index (χ1v) is 8.74. The molecule has 26 heavy (non-hydrogen) atoms. The number of nitrogens with zero attached hydrogens (tertiary/aromatic N) is 6. The van der Waals surface area contributed by atoms with E-state index in [0.29, 0.717) is 25.9 Å². The van der Waals surface area contributed by atoms with Gasteiger partial charge in [0, 0.05) is 37.1 Å². The minimum Gasteiger partial charge on any atom is -0.333 e. The maximum Gasteiger partial charge on any atom is 0.223 e. The summed E-state index contributed by atoms with van der Waals surface area (Å²) >= 11 is 0. The molecule has 0 saturated carbocycles. The van der Waals surface area contributed by atoms with Crippen molar-refractivity contribution in [2.45, 2.75) is 32.4 Å². The van der Waals surface area contributed by atoms with Crippen molar-refractivity contribution in [3.8, 4) is 11.4 Å². The minimum absolute atomic E-state index is 0.109. The maximum absolute atomic E-state index is 12.6. The van der Waals surface area contributed by atoms with Crippen molar-refractivity contribution in [2.24, 2.45) is 0 Å². The molecule has 0 unspecified atom stereocenters. The number of fused-ring (bicyclic) bond motifs is 1. The van der Waals surface area contributed by atoms with Crippen LogP contribution in [0.2, 0.25) is 0 Å². The topological polar surface area (TPSA) is 76.8 Å². The third-order valence-electron chi connectivity index (χ3n) is 4.62. The molecule has 7 nitrogen and oxygen atoms in total. The van der Waals surface area contributed by atoms with Crippen LogP contribution in [0.25, 0.3) is 11.4 Å². The van der Waals surface area contributed by atoms with E-state index in [1.165, 1.54) is 0 Å². The zero-order valence-corrected chi connectivity index (χ0v) is 14.6. The third kappa shape index (κ3) is 3.20. The fourth-order valence-corrected chi connectivity index (χ4v) is 3.36. The highest BCUT2D eigenvalue weighted by Crippen LogP contribution is 2.27. The Balaban J connectivity index is 1.48. The second kappa shape index (κ2) is 7.03. The van der Waals surface area contributed by atoms with Gasteiger partial charge in [0.05, 0.1) is 18.3 Å². The van der Waals surface area contributed by atoms with E-state index < -0.39 is 0 Å². The molecular weight excluding hydrogens is 328 g/mol. The molecule has 4 rings (SSSR count). The van der Waals surface area contributed by atoms with Crippen LogP contribution in [0.3, 0.4) is 0 Å². The van der Waals surface area contributed by atoms with Crippen molar-refractivity contribution in [1.82, 2.24) is 29.6 Å². The van der Waals surface area contributed by atoms with Crippen LogP contribution in [-0.4, -0.2) is 42.1 Å². The van der Waals surface area contributed by atoms with Crippen molar-refractivity contribution in [3.05, 3.63) is 60.4 Å². The summed E-state index contributed by atoms with van der Waals surface area (Å²) in [4.78, 5) is 22.7. The van der Waals surface area contributed by atoms with Crippen LogP contribution < -0.4 is 0 Å². The molecule has 132 valence electrons. The van der Waals surface area contributed by atoms with E-state index in [2.05, 4.69) is 31.7 Å². The lowest BCUT2D eigenvalue weighted by molar-refractivity contribution is -0.133. The van der Waals surface area contributed by atoms with Crippen molar-refractivity contribution in [1.29, 1.82) is 0 Å². The third-order valence-corrected chi connectivity index (χ3v) is 4.62. The predicted octanol–water partition coefficient (Wildman–Crippen LogP) is 2.27. The lowest BCUT2D eigenvalue weighted by Gasteiger charge is -2.32. The number of carbonyl (C=O) groups excluding carboxylic acids is 1. The number of hydrogen-bond acceptors (Lipinski definition) is 5. The molecule has 0 saturated heterocycles. The fourth-order valence-electron chi connectivity index (χ4n) is 3.36. The molecule has 0 bridgehead atoms. The largest absolute Gasteiger partial charge is 0.333 e. The second-order valence-corrected chi connectivity index (χ2v) is 6.50. The number of carbonyl (C=O) groups is 1. The van der Waals surface area contributed by atoms with Gasteiger partial charge in [-0.1, -0.05) is 30.3 Å². The summed E-state index contributed by atoms with van der Waals surface area (Å²) in [7, 11) is 0. The zero-order chi connectivity index (χ0) is 17.9. The Morgan fingerprint density at radius 2 is 2.04 bits per heavy atom. The summed E-state index contributed by atoms with van der Waals surface area (Å²) in [5, 5.41) is 8.69. The standard InChI is InChI=1S/C19H20N6O/c1-14-12-24(18(26)8-7-16-11-20-9-10-21-16)13-17-22-23-19(25(14)17)15-5-3-2-4-6-15/h2-6,9-11,14H,7-8,12-13H2,1H3/t14-/m0/s1. The molecule has 1 aromatic carbocycles. The molecule has 3 aromatic rings. The van der Waals surface area contributed by atoms with E-state index in [4.69, 9.17) is 0 Å². The maximum atomic E-state index is 12.6. The summed E-state index contributed by atoms with van der Waals surface area (Å²) in [5.74, 6) is 1.80. The van der Waals surface area contributed by atoms with E-state index in [1.54, 1.807) is 18.6 Å². The van der Waals surface area contributed by atoms with E-state index in [-0.39, 0.29) is 11.9 Å². The molecular formula is C19H20N6O. The highest BCUT2D eigenvalue weighted by atomic mass is 16.2. The Morgan fingerprint density at radius 1 is 1.19 bits per heavy atom. The van der Waals surface area contributed by atoms with Crippen LogP contribution in [0.5, 0.6) is 0 Å². The number of benzene rings is 1. The zero-order valence-electron chi connectivity index (χ0n) is 14.6. The summed E-state index contributed by atoms with van der Waals surface area (Å²) in [6.45, 7) is 3.25. The summed E-state index contributed by atoms with van der Waals surface area (Å²) < 4.78 is 2.14. The smallest absolute Gasteiger partial charge is 0.223 e. The minimum atomic E-state index is 0.109. The van der Waals surface area contributed by atoms with E-state index in [9.17, 15) is 4.79 Å². The quantitative estimate of drug-likeness (QED) is 0.723. The Hall–Kier alpha value is -3.09. The molecule has 1 aliphatic rings. The van der Waals surface area contributed by atoms with Gasteiger partial charge in [-0.25, -0.2) is 0 Å². The second-order valence-electron chi connectivity index (χ2n) is 6.50. The predicted molar refractivity (Wildman–Crippen MR) is 95.9 cm³/mol. The van der Waals surface area contributed by atoms with Crippen LogP contribution >= 0.6 is 0 Å². The first-order chi connectivity index (χ1) is 12.7. The molecule has 1 atom stereocenters. The molecule has 3 heterocycles. The fraction of sp³-hybridized carbons (Fsp3) is 0.316. The molecule has 2 aromatic heterocycles. The van der Waals surface area contributed by atoms with Gasteiger partial charge in [-0.2, -0.15) is 0 Å². The van der Waals surface area contributed by atoms with E-state index in [1.807, 2.05) is 35.2 Å².